The minimum Gasteiger partial charge on any atom is -0.452 e. The normalized spacial score (nSPS) is 14.7. The fraction of sp³-hybridized carbons (Fsp3) is 0.353. The Morgan fingerprint density at radius 3 is 2.71 bits per heavy atom. The molecule has 3 rings (SSSR count). The van der Waals surface area contributed by atoms with E-state index in [1.54, 1.807) is 6.92 Å². The summed E-state index contributed by atoms with van der Waals surface area (Å²) in [6.07, 6.45) is 0.996. The molecule has 1 amide bonds. The van der Waals surface area contributed by atoms with Gasteiger partial charge in [0.1, 0.15) is 6.20 Å². The van der Waals surface area contributed by atoms with Crippen molar-refractivity contribution >= 4 is 43.4 Å². The van der Waals surface area contributed by atoms with Crippen molar-refractivity contribution in [1.82, 2.24) is 9.29 Å². The minimum absolute atomic E-state index is 0.00650. The first-order valence-corrected chi connectivity index (χ1v) is 11.2. The van der Waals surface area contributed by atoms with Crippen LogP contribution < -0.4 is 5.32 Å². The zero-order chi connectivity index (χ0) is 22.6. The van der Waals surface area contributed by atoms with Gasteiger partial charge in [0.15, 0.2) is 11.7 Å². The molecule has 166 valence electrons. The number of thiazole rings is 1. The van der Waals surface area contributed by atoms with Crippen LogP contribution in [0.3, 0.4) is 0 Å². The van der Waals surface area contributed by atoms with Gasteiger partial charge in [-0.05, 0) is 36.0 Å². The molecule has 1 N–H and O–H groups in total. The Morgan fingerprint density at radius 2 is 2.06 bits per heavy atom. The molecule has 12 nitrogen and oxygen atoms in total. The topological polar surface area (TPSA) is 158 Å². The summed E-state index contributed by atoms with van der Waals surface area (Å²) in [7, 11) is -3.81. The van der Waals surface area contributed by atoms with E-state index < -0.39 is 33.4 Å². The fourth-order valence-electron chi connectivity index (χ4n) is 2.69. The second-order valence-electron chi connectivity index (χ2n) is 6.38. The number of carbonyl (C=O) groups is 2. The molecule has 0 saturated carbocycles. The molecule has 31 heavy (non-hydrogen) atoms. The van der Waals surface area contributed by atoms with Gasteiger partial charge in [0.05, 0.1) is 28.6 Å². The van der Waals surface area contributed by atoms with E-state index in [4.69, 9.17) is 9.47 Å². The van der Waals surface area contributed by atoms with Gasteiger partial charge in [-0.3, -0.25) is 20.2 Å². The maximum Gasteiger partial charge on any atom is 0.345 e. The van der Waals surface area contributed by atoms with E-state index in [-0.39, 0.29) is 46.9 Å². The Bertz CT molecular complexity index is 1110. The standard InChI is InChI=1S/C17H18N4O8S2/c1-11-2-3-12(31(26,27)20-4-6-28-7-5-20)8-13(11)16(23)29-10-14(22)19-17-18-9-15(30-17)21(24)25/h2-3,8-9H,4-7,10H2,1H3,(H,18,19,22). The highest BCUT2D eigenvalue weighted by molar-refractivity contribution is 7.89. The number of nitrogens with zero attached hydrogens (tertiary/aromatic N) is 3. The second-order valence-corrected chi connectivity index (χ2v) is 9.33. The first kappa shape index (κ1) is 22.7. The third-order valence-electron chi connectivity index (χ3n) is 4.29. The first-order chi connectivity index (χ1) is 14.7. The smallest absolute Gasteiger partial charge is 0.345 e. The Kier molecular flexibility index (Phi) is 6.94. The van der Waals surface area contributed by atoms with Crippen LogP contribution in [0.4, 0.5) is 10.1 Å². The molecule has 1 aromatic heterocycles. The second kappa shape index (κ2) is 9.47. The van der Waals surface area contributed by atoms with Crippen LogP contribution in [0, 0.1) is 17.0 Å². The number of esters is 1. The van der Waals surface area contributed by atoms with Crippen molar-refractivity contribution < 1.29 is 32.4 Å². The van der Waals surface area contributed by atoms with Crippen molar-refractivity contribution in [2.24, 2.45) is 0 Å². The van der Waals surface area contributed by atoms with Crippen LogP contribution in [-0.2, 0) is 24.3 Å². The predicted molar refractivity (Wildman–Crippen MR) is 108 cm³/mol. The molecule has 0 bridgehead atoms. The zero-order valence-corrected chi connectivity index (χ0v) is 17.9. The van der Waals surface area contributed by atoms with Crippen LogP contribution in [0.15, 0.2) is 29.3 Å². The van der Waals surface area contributed by atoms with Gasteiger partial charge in [-0.1, -0.05) is 6.07 Å². The van der Waals surface area contributed by atoms with Crippen LogP contribution in [0.5, 0.6) is 0 Å². The lowest BCUT2D eigenvalue weighted by Gasteiger charge is -2.26. The van der Waals surface area contributed by atoms with E-state index in [9.17, 15) is 28.1 Å². The van der Waals surface area contributed by atoms with E-state index in [0.717, 1.165) is 6.20 Å². The number of aromatic nitrogens is 1. The molecule has 1 aliphatic heterocycles. The molecule has 2 heterocycles. The van der Waals surface area contributed by atoms with Crippen LogP contribution in [-0.4, -0.2) is 67.4 Å². The van der Waals surface area contributed by atoms with Gasteiger partial charge in [-0.2, -0.15) is 4.31 Å². The third kappa shape index (κ3) is 5.41. The highest BCUT2D eigenvalue weighted by Gasteiger charge is 2.27. The van der Waals surface area contributed by atoms with Gasteiger partial charge in [-0.15, -0.1) is 0 Å². The number of nitrogens with one attached hydrogen (secondary N) is 1. The molecule has 1 aromatic carbocycles. The number of hydrogen-bond donors (Lipinski definition) is 1. The molecule has 14 heteroatoms. The summed E-state index contributed by atoms with van der Waals surface area (Å²) in [6.45, 7) is 1.94. The van der Waals surface area contributed by atoms with Crippen molar-refractivity contribution in [2.75, 3.05) is 38.2 Å². The van der Waals surface area contributed by atoms with Crippen LogP contribution in [0.1, 0.15) is 15.9 Å². The van der Waals surface area contributed by atoms with Crippen LogP contribution >= 0.6 is 11.3 Å². The number of amides is 1. The van der Waals surface area contributed by atoms with Gasteiger partial charge < -0.3 is 9.47 Å². The van der Waals surface area contributed by atoms with Gasteiger partial charge in [0.25, 0.3) is 5.91 Å². The number of morpholine rings is 1. The number of aryl methyl sites for hydroxylation is 1. The number of sulfonamides is 1. The molecule has 2 aromatic rings. The van der Waals surface area contributed by atoms with Gasteiger partial charge in [0, 0.05) is 13.1 Å². The van der Waals surface area contributed by atoms with Crippen molar-refractivity contribution in [1.29, 1.82) is 0 Å². The zero-order valence-electron chi connectivity index (χ0n) is 16.3. The number of benzene rings is 1. The fourth-order valence-corrected chi connectivity index (χ4v) is 4.77. The minimum atomic E-state index is -3.81. The van der Waals surface area contributed by atoms with E-state index in [0.29, 0.717) is 16.9 Å². The Balaban J connectivity index is 1.66. The van der Waals surface area contributed by atoms with Gasteiger partial charge in [-0.25, -0.2) is 18.2 Å². The average molecular weight is 470 g/mol. The molecule has 1 saturated heterocycles. The molecule has 0 spiro atoms. The van der Waals surface area contributed by atoms with Crippen molar-refractivity contribution in [3.05, 3.63) is 45.6 Å². The molecule has 0 aliphatic carbocycles. The molecule has 0 radical (unpaired) electrons. The quantitative estimate of drug-likeness (QED) is 0.356. The van der Waals surface area contributed by atoms with E-state index in [1.165, 1.54) is 22.5 Å². The number of ether oxygens (including phenoxy) is 2. The Morgan fingerprint density at radius 1 is 1.35 bits per heavy atom. The molecule has 1 fully saturated rings. The number of rotatable bonds is 7. The summed E-state index contributed by atoms with van der Waals surface area (Å²) in [5.41, 5.74) is 0.480. The van der Waals surface area contributed by atoms with E-state index in [1.807, 2.05) is 0 Å². The largest absolute Gasteiger partial charge is 0.452 e. The number of hydrogen-bond acceptors (Lipinski definition) is 10. The molecule has 1 aliphatic rings. The number of carbonyl (C=O) groups excluding carboxylic acids is 2. The highest BCUT2D eigenvalue weighted by Crippen LogP contribution is 2.25. The Hall–Kier alpha value is -2.94. The summed E-state index contributed by atoms with van der Waals surface area (Å²) in [6, 6.07) is 4.10. The first-order valence-electron chi connectivity index (χ1n) is 8.94. The van der Waals surface area contributed by atoms with E-state index in [2.05, 4.69) is 10.3 Å². The lowest BCUT2D eigenvalue weighted by molar-refractivity contribution is -0.380. The summed E-state index contributed by atoms with van der Waals surface area (Å²) in [5, 5.41) is 12.7. The van der Waals surface area contributed by atoms with Crippen molar-refractivity contribution in [3.8, 4) is 0 Å². The summed E-state index contributed by atoms with van der Waals surface area (Å²) in [4.78, 5) is 38.0. The van der Waals surface area contributed by atoms with Gasteiger partial charge in [0.2, 0.25) is 10.0 Å². The maximum absolute atomic E-state index is 12.8. The third-order valence-corrected chi connectivity index (χ3v) is 7.05. The van der Waals surface area contributed by atoms with E-state index >= 15 is 0 Å². The van der Waals surface area contributed by atoms with Crippen LogP contribution in [0.25, 0.3) is 0 Å². The summed E-state index contributed by atoms with van der Waals surface area (Å²) >= 11 is 0.658. The van der Waals surface area contributed by atoms with Crippen molar-refractivity contribution in [2.45, 2.75) is 11.8 Å². The summed E-state index contributed by atoms with van der Waals surface area (Å²) in [5.74, 6) is -1.62. The lowest BCUT2D eigenvalue weighted by atomic mass is 10.1. The number of nitro groups is 1. The maximum atomic E-state index is 12.8. The SMILES string of the molecule is Cc1ccc(S(=O)(=O)N2CCOCC2)cc1C(=O)OCC(=O)Nc1ncc([N+](=O)[O-])s1. The van der Waals surface area contributed by atoms with Crippen molar-refractivity contribution in [3.63, 3.8) is 0 Å². The summed E-state index contributed by atoms with van der Waals surface area (Å²) < 4.78 is 37.0. The lowest BCUT2D eigenvalue weighted by Crippen LogP contribution is -2.40. The molecular weight excluding hydrogens is 452 g/mol. The monoisotopic (exact) mass is 470 g/mol. The number of anilines is 1. The Labute approximate surface area is 181 Å². The molecule has 0 unspecified atom stereocenters. The van der Waals surface area contributed by atoms with Gasteiger partial charge >= 0.3 is 11.0 Å². The van der Waals surface area contributed by atoms with Crippen LogP contribution in [0.2, 0.25) is 0 Å². The average Bonchev–Trinajstić information content (AvgIpc) is 3.21. The molecule has 0 atom stereocenters. The predicted octanol–water partition coefficient (Wildman–Crippen LogP) is 1.18. The molecular formula is C17H18N4O8S2. The highest BCUT2D eigenvalue weighted by atomic mass is 32.2.